The summed E-state index contributed by atoms with van der Waals surface area (Å²) in [6.07, 6.45) is 0. The number of rotatable bonds is 5. The SMILES string of the molecule is CCSCC(C)Nc1nc(N)nc2sccc12. The number of fused-ring (bicyclic) bond motifs is 1. The first-order valence-electron chi connectivity index (χ1n) is 5.55. The summed E-state index contributed by atoms with van der Waals surface area (Å²) in [6.45, 7) is 4.32. The molecule has 0 saturated heterocycles. The van der Waals surface area contributed by atoms with Crippen LogP contribution < -0.4 is 11.1 Å². The van der Waals surface area contributed by atoms with Crippen molar-refractivity contribution < 1.29 is 0 Å². The number of thiophene rings is 1. The maximum atomic E-state index is 5.70. The third kappa shape index (κ3) is 3.01. The molecule has 1 unspecified atom stereocenters. The first-order chi connectivity index (χ1) is 8.20. The second-order valence-electron chi connectivity index (χ2n) is 3.77. The minimum atomic E-state index is 0.331. The summed E-state index contributed by atoms with van der Waals surface area (Å²) in [5.41, 5.74) is 5.70. The first-order valence-corrected chi connectivity index (χ1v) is 7.59. The Morgan fingerprint density at radius 2 is 2.35 bits per heavy atom. The van der Waals surface area contributed by atoms with Crippen molar-refractivity contribution in [3.63, 3.8) is 0 Å². The van der Waals surface area contributed by atoms with Gasteiger partial charge in [-0.2, -0.15) is 16.7 Å². The van der Waals surface area contributed by atoms with Crippen molar-refractivity contribution >= 4 is 45.1 Å². The maximum absolute atomic E-state index is 5.70. The van der Waals surface area contributed by atoms with Crippen LogP contribution in [0.3, 0.4) is 0 Å². The van der Waals surface area contributed by atoms with Gasteiger partial charge in [-0.25, -0.2) is 4.98 Å². The highest BCUT2D eigenvalue weighted by molar-refractivity contribution is 7.99. The Morgan fingerprint density at radius 1 is 1.53 bits per heavy atom. The molecule has 2 heterocycles. The highest BCUT2D eigenvalue weighted by Gasteiger charge is 2.09. The largest absolute Gasteiger partial charge is 0.368 e. The van der Waals surface area contributed by atoms with Crippen LogP contribution >= 0.6 is 23.1 Å². The van der Waals surface area contributed by atoms with Gasteiger partial charge in [0.1, 0.15) is 10.6 Å². The number of hydrogen-bond donors (Lipinski definition) is 2. The van der Waals surface area contributed by atoms with Crippen molar-refractivity contribution in [2.75, 3.05) is 22.6 Å². The molecule has 92 valence electrons. The summed E-state index contributed by atoms with van der Waals surface area (Å²) in [7, 11) is 0. The quantitative estimate of drug-likeness (QED) is 0.873. The number of aromatic nitrogens is 2. The van der Waals surface area contributed by atoms with Gasteiger partial charge in [0.05, 0.1) is 5.39 Å². The van der Waals surface area contributed by atoms with E-state index in [-0.39, 0.29) is 0 Å². The summed E-state index contributed by atoms with van der Waals surface area (Å²) >= 11 is 3.50. The average molecular weight is 268 g/mol. The molecular formula is C11H16N4S2. The van der Waals surface area contributed by atoms with Gasteiger partial charge in [-0.1, -0.05) is 6.92 Å². The van der Waals surface area contributed by atoms with Gasteiger partial charge in [-0.15, -0.1) is 11.3 Å². The van der Waals surface area contributed by atoms with Crippen molar-refractivity contribution in [1.29, 1.82) is 0 Å². The van der Waals surface area contributed by atoms with Crippen molar-refractivity contribution in [1.82, 2.24) is 9.97 Å². The lowest BCUT2D eigenvalue weighted by Gasteiger charge is -2.14. The minimum Gasteiger partial charge on any atom is -0.368 e. The van der Waals surface area contributed by atoms with E-state index in [1.807, 2.05) is 23.2 Å². The van der Waals surface area contributed by atoms with E-state index < -0.39 is 0 Å². The third-order valence-electron chi connectivity index (χ3n) is 2.30. The number of hydrogen-bond acceptors (Lipinski definition) is 6. The summed E-state index contributed by atoms with van der Waals surface area (Å²) in [6, 6.07) is 2.40. The Hall–Kier alpha value is -1.01. The van der Waals surface area contributed by atoms with Crippen LogP contribution in [0, 0.1) is 0 Å². The molecule has 0 fully saturated rings. The van der Waals surface area contributed by atoms with E-state index in [0.29, 0.717) is 12.0 Å². The van der Waals surface area contributed by atoms with Crippen molar-refractivity contribution in [2.24, 2.45) is 0 Å². The highest BCUT2D eigenvalue weighted by Crippen LogP contribution is 2.26. The fourth-order valence-electron chi connectivity index (χ4n) is 1.55. The van der Waals surface area contributed by atoms with E-state index in [2.05, 4.69) is 29.1 Å². The van der Waals surface area contributed by atoms with Gasteiger partial charge in [0.2, 0.25) is 5.95 Å². The van der Waals surface area contributed by atoms with Gasteiger partial charge in [0, 0.05) is 11.8 Å². The van der Waals surface area contributed by atoms with Crippen LogP contribution in [0.1, 0.15) is 13.8 Å². The number of thioether (sulfide) groups is 1. The molecule has 2 rings (SSSR count). The first kappa shape index (κ1) is 12.4. The monoisotopic (exact) mass is 268 g/mol. The van der Waals surface area contributed by atoms with E-state index in [1.165, 1.54) is 0 Å². The number of nitrogens with one attached hydrogen (secondary N) is 1. The van der Waals surface area contributed by atoms with E-state index in [1.54, 1.807) is 11.3 Å². The Kier molecular flexibility index (Phi) is 4.06. The molecule has 4 nitrogen and oxygen atoms in total. The van der Waals surface area contributed by atoms with Crippen LogP contribution in [0.5, 0.6) is 0 Å². The van der Waals surface area contributed by atoms with Crippen molar-refractivity contribution in [2.45, 2.75) is 19.9 Å². The molecule has 2 aromatic heterocycles. The summed E-state index contributed by atoms with van der Waals surface area (Å²) < 4.78 is 0. The standard InChI is InChI=1S/C11H16N4S2/c1-3-16-6-7(2)13-9-8-4-5-17-10(8)15-11(12)14-9/h4-5,7H,3,6H2,1-2H3,(H3,12,13,14,15). The Balaban J connectivity index is 2.19. The van der Waals surface area contributed by atoms with E-state index in [4.69, 9.17) is 5.73 Å². The Morgan fingerprint density at radius 3 is 3.12 bits per heavy atom. The zero-order valence-electron chi connectivity index (χ0n) is 9.93. The normalized spacial score (nSPS) is 12.8. The smallest absolute Gasteiger partial charge is 0.223 e. The Bertz CT molecular complexity index is 497. The molecule has 0 radical (unpaired) electrons. The molecule has 0 saturated carbocycles. The predicted octanol–water partition coefficient (Wildman–Crippen LogP) is 2.83. The van der Waals surface area contributed by atoms with Crippen molar-refractivity contribution in [3.8, 4) is 0 Å². The van der Waals surface area contributed by atoms with Crippen LogP contribution in [0.15, 0.2) is 11.4 Å². The van der Waals surface area contributed by atoms with E-state index in [0.717, 1.165) is 27.5 Å². The number of nitrogens with zero attached hydrogens (tertiary/aromatic N) is 2. The molecule has 0 aliphatic rings. The molecule has 0 amide bonds. The zero-order valence-corrected chi connectivity index (χ0v) is 11.6. The van der Waals surface area contributed by atoms with E-state index in [9.17, 15) is 0 Å². The molecule has 6 heteroatoms. The van der Waals surface area contributed by atoms with Gasteiger partial charge in [-0.05, 0) is 24.1 Å². The van der Waals surface area contributed by atoms with Crippen LogP contribution in [0.25, 0.3) is 10.2 Å². The lowest BCUT2D eigenvalue weighted by molar-refractivity contribution is 0.904. The lowest BCUT2D eigenvalue weighted by Crippen LogP contribution is -2.19. The fourth-order valence-corrected chi connectivity index (χ4v) is 3.00. The summed E-state index contributed by atoms with van der Waals surface area (Å²) in [5, 5.41) is 6.46. The van der Waals surface area contributed by atoms with Gasteiger partial charge in [0.15, 0.2) is 0 Å². The summed E-state index contributed by atoms with van der Waals surface area (Å²) in [4.78, 5) is 9.42. The molecule has 1 atom stereocenters. The second kappa shape index (κ2) is 5.55. The number of anilines is 2. The van der Waals surface area contributed by atoms with E-state index >= 15 is 0 Å². The van der Waals surface area contributed by atoms with Gasteiger partial charge >= 0.3 is 0 Å². The molecular weight excluding hydrogens is 252 g/mol. The third-order valence-corrected chi connectivity index (χ3v) is 4.25. The molecule has 0 bridgehead atoms. The molecule has 17 heavy (non-hydrogen) atoms. The maximum Gasteiger partial charge on any atom is 0.223 e. The van der Waals surface area contributed by atoms with Crippen LogP contribution in [0.4, 0.5) is 11.8 Å². The van der Waals surface area contributed by atoms with Crippen LogP contribution in [-0.4, -0.2) is 27.5 Å². The second-order valence-corrected chi connectivity index (χ2v) is 5.99. The highest BCUT2D eigenvalue weighted by atomic mass is 32.2. The molecule has 3 N–H and O–H groups in total. The topological polar surface area (TPSA) is 63.8 Å². The summed E-state index contributed by atoms with van der Waals surface area (Å²) in [5.74, 6) is 3.37. The zero-order chi connectivity index (χ0) is 12.3. The predicted molar refractivity (Wildman–Crippen MR) is 77.9 cm³/mol. The molecule has 0 aliphatic heterocycles. The average Bonchev–Trinajstić information content (AvgIpc) is 2.74. The van der Waals surface area contributed by atoms with Crippen LogP contribution in [0.2, 0.25) is 0 Å². The van der Waals surface area contributed by atoms with Crippen molar-refractivity contribution in [3.05, 3.63) is 11.4 Å². The molecule has 0 spiro atoms. The van der Waals surface area contributed by atoms with Gasteiger partial charge < -0.3 is 11.1 Å². The van der Waals surface area contributed by atoms with Crippen LogP contribution in [-0.2, 0) is 0 Å². The van der Waals surface area contributed by atoms with Gasteiger partial charge in [-0.3, -0.25) is 0 Å². The van der Waals surface area contributed by atoms with Gasteiger partial charge in [0.25, 0.3) is 0 Å². The number of nitrogens with two attached hydrogens (primary N) is 1. The Labute approximate surface area is 109 Å². The molecule has 2 aromatic rings. The minimum absolute atomic E-state index is 0.331. The molecule has 0 aromatic carbocycles. The fraction of sp³-hybridized carbons (Fsp3) is 0.455. The number of nitrogen functional groups attached to an aromatic ring is 1. The molecule has 0 aliphatic carbocycles. The lowest BCUT2D eigenvalue weighted by atomic mass is 10.3.